The number of hydrogen-bond acceptors (Lipinski definition) is 13. The van der Waals surface area contributed by atoms with Crippen LogP contribution in [0, 0.1) is 12.8 Å². The van der Waals surface area contributed by atoms with Gasteiger partial charge in [-0.25, -0.2) is 19.4 Å². The molecule has 0 radical (unpaired) electrons. The summed E-state index contributed by atoms with van der Waals surface area (Å²) in [5, 5.41) is 32.8. The summed E-state index contributed by atoms with van der Waals surface area (Å²) < 4.78 is 10.3. The number of anilines is 1. The summed E-state index contributed by atoms with van der Waals surface area (Å²) in [5.74, 6) is -1.46. The van der Waals surface area contributed by atoms with Crippen molar-refractivity contribution in [3.8, 4) is 5.75 Å². The van der Waals surface area contributed by atoms with Crippen molar-refractivity contribution in [3.05, 3.63) is 161 Å². The fourth-order valence-corrected chi connectivity index (χ4v) is 8.06. The maximum absolute atomic E-state index is 13.3. The summed E-state index contributed by atoms with van der Waals surface area (Å²) in [5.41, 5.74) is 10.4. The van der Waals surface area contributed by atoms with Crippen molar-refractivity contribution in [1.82, 2.24) is 31.6 Å². The molecule has 0 spiro atoms. The molecule has 0 aliphatic carbocycles. The van der Waals surface area contributed by atoms with E-state index in [0.29, 0.717) is 51.0 Å². The third-order valence-corrected chi connectivity index (χ3v) is 12.6. The van der Waals surface area contributed by atoms with Gasteiger partial charge in [0, 0.05) is 24.6 Å². The molecule has 0 saturated heterocycles. The molecule has 0 aliphatic heterocycles. The largest absolute Gasteiger partial charge is 0.508 e. The lowest BCUT2D eigenvalue weighted by atomic mass is 9.95. The standard InChI is InChI=1S/C30H38N4O3.C19H28N2O4.C15H21NO4/c1-21(30(37)33-20-25-14-16-29(31)34-22(25)2)18-28(36)27(15-13-23-8-4-3-5-9-23)32-17-7-11-24-10-6-12-26(35)19-24;1-13(14(2)22)20-17(23)16(21-18(24)25-19(3,4)5)12-11-15-9-7-6-8-10-15;1-15(2,3)20-14(19)16-12(13(17)18)10-9-11-7-5-4-6-8-11/h3-6,8-10,12,14,16,19,21,27,32,35H,7,11,13,15,17-18,20H2,1-2H3,(H2,31,34)(H,33,37);6-10,13,16H,11-12H2,1-5H3,(H,20,23)(H,21,24);4-8,12H,9-10H2,1-3H3,(H,16,19)(H,17,18)/t21-,27-;13-,16+;12-/m101/s1. The Balaban J connectivity index is 0.000000342. The molecule has 0 aliphatic rings. The predicted octanol–water partition coefficient (Wildman–Crippen LogP) is 9.32. The molecule has 0 bridgehead atoms. The number of rotatable bonds is 26. The number of ether oxygens (including phenoxy) is 2. The number of phenols is 1. The predicted molar refractivity (Wildman–Crippen MR) is 319 cm³/mol. The fourth-order valence-electron chi connectivity index (χ4n) is 8.06. The molecule has 5 atom stereocenters. The van der Waals surface area contributed by atoms with Gasteiger partial charge in [-0.1, -0.05) is 116 Å². The molecule has 18 nitrogen and oxygen atoms in total. The molecule has 0 fully saturated rings. The van der Waals surface area contributed by atoms with E-state index in [0.717, 1.165) is 47.2 Å². The zero-order valence-electron chi connectivity index (χ0n) is 49.4. The third-order valence-electron chi connectivity index (χ3n) is 12.6. The van der Waals surface area contributed by atoms with E-state index < -0.39 is 59.3 Å². The van der Waals surface area contributed by atoms with Crippen molar-refractivity contribution < 1.29 is 53.2 Å². The number of nitrogens with two attached hydrogens (primary N) is 1. The number of amides is 4. The van der Waals surface area contributed by atoms with E-state index in [2.05, 4.69) is 43.7 Å². The highest BCUT2D eigenvalue weighted by Crippen LogP contribution is 2.16. The van der Waals surface area contributed by atoms with Crippen molar-refractivity contribution in [1.29, 1.82) is 0 Å². The van der Waals surface area contributed by atoms with Gasteiger partial charge in [0.1, 0.15) is 34.9 Å². The molecule has 1 heterocycles. The van der Waals surface area contributed by atoms with Gasteiger partial charge in [0.15, 0.2) is 11.6 Å². The number of benzene rings is 4. The van der Waals surface area contributed by atoms with Gasteiger partial charge in [-0.3, -0.25) is 19.2 Å². The van der Waals surface area contributed by atoms with Crippen molar-refractivity contribution in [2.75, 3.05) is 12.3 Å². The van der Waals surface area contributed by atoms with E-state index >= 15 is 0 Å². The second-order valence-corrected chi connectivity index (χ2v) is 22.2. The number of carbonyl (C=O) groups excluding carboxylic acids is 6. The van der Waals surface area contributed by atoms with Crippen LogP contribution in [-0.2, 0) is 65.7 Å². The number of aryl methyl sites for hydroxylation is 5. The Labute approximate surface area is 484 Å². The second kappa shape index (κ2) is 34.9. The van der Waals surface area contributed by atoms with Crippen LogP contribution < -0.4 is 32.3 Å². The van der Waals surface area contributed by atoms with Crippen LogP contribution in [0.1, 0.15) is 128 Å². The number of nitrogen functional groups attached to an aromatic ring is 1. The smallest absolute Gasteiger partial charge is 0.408 e. The second-order valence-electron chi connectivity index (χ2n) is 22.2. The van der Waals surface area contributed by atoms with Crippen molar-refractivity contribution in [3.63, 3.8) is 0 Å². The number of aromatic nitrogens is 1. The van der Waals surface area contributed by atoms with Gasteiger partial charge in [-0.2, -0.15) is 0 Å². The number of ketones is 2. The fraction of sp³-hybridized carbons (Fsp3) is 0.438. The molecule has 1 aromatic heterocycles. The summed E-state index contributed by atoms with van der Waals surface area (Å²) in [6.45, 7) is 18.1. The van der Waals surface area contributed by atoms with Gasteiger partial charge in [-0.15, -0.1) is 0 Å². The zero-order chi connectivity index (χ0) is 60.8. The Morgan fingerprint density at radius 1 is 0.598 bits per heavy atom. The van der Waals surface area contributed by atoms with Crippen LogP contribution in [0.5, 0.6) is 5.75 Å². The molecule has 0 unspecified atom stereocenters. The van der Waals surface area contributed by atoms with Crippen LogP contribution in [-0.4, -0.2) is 98.6 Å². The van der Waals surface area contributed by atoms with E-state index in [1.54, 1.807) is 73.6 Å². The Morgan fingerprint density at radius 2 is 1.07 bits per heavy atom. The number of pyridine rings is 1. The molecule has 4 aromatic carbocycles. The highest BCUT2D eigenvalue weighted by atomic mass is 16.6. The Kier molecular flexibility index (Phi) is 29.0. The Morgan fingerprint density at radius 3 is 1.54 bits per heavy atom. The summed E-state index contributed by atoms with van der Waals surface area (Å²) in [7, 11) is 0. The average molecular weight is 1130 g/mol. The van der Waals surface area contributed by atoms with Crippen LogP contribution in [0.3, 0.4) is 0 Å². The molecule has 18 heteroatoms. The molecular formula is C64H87N7O11. The minimum Gasteiger partial charge on any atom is -0.508 e. The average Bonchev–Trinajstić information content (AvgIpc) is 3.42. The lowest BCUT2D eigenvalue weighted by Crippen LogP contribution is -2.51. The molecule has 5 rings (SSSR count). The van der Waals surface area contributed by atoms with Gasteiger partial charge >= 0.3 is 18.2 Å². The van der Waals surface area contributed by atoms with Gasteiger partial charge in [0.05, 0.1) is 12.1 Å². The van der Waals surface area contributed by atoms with Crippen LogP contribution >= 0.6 is 0 Å². The summed E-state index contributed by atoms with van der Waals surface area (Å²) >= 11 is 0. The van der Waals surface area contributed by atoms with E-state index in [9.17, 15) is 38.7 Å². The summed E-state index contributed by atoms with van der Waals surface area (Å²) in [6, 6.07) is 37.5. The molecule has 444 valence electrons. The quantitative estimate of drug-likeness (QED) is 0.0240. The van der Waals surface area contributed by atoms with E-state index in [1.165, 1.54) is 12.5 Å². The molecular weight excluding hydrogens is 1040 g/mol. The first kappa shape index (κ1) is 68.2. The third kappa shape index (κ3) is 28.9. The zero-order valence-corrected chi connectivity index (χ0v) is 49.4. The topological polar surface area (TPSA) is 277 Å². The number of Topliss-reactive ketones (excluding diaryl/α,β-unsaturated/α-hetero) is 2. The molecule has 9 N–H and O–H groups in total. The lowest BCUT2D eigenvalue weighted by molar-refractivity contribution is -0.139. The van der Waals surface area contributed by atoms with Crippen LogP contribution in [0.2, 0.25) is 0 Å². The number of aromatic hydroxyl groups is 1. The van der Waals surface area contributed by atoms with Crippen LogP contribution in [0.4, 0.5) is 15.4 Å². The summed E-state index contributed by atoms with van der Waals surface area (Å²) in [6.07, 6.45) is 3.80. The Bertz CT molecular complexity index is 2780. The van der Waals surface area contributed by atoms with E-state index in [4.69, 9.17) is 20.3 Å². The first-order chi connectivity index (χ1) is 38.7. The SMILES string of the molecule is CC(=O)[C@H](C)NC(=O)[C@@H](CCc1ccccc1)NC(=O)OC(C)(C)C.CC(C)(C)OC(=O)N[C@H](CCc1ccccc1)C(=O)O.Cc1nc(N)ccc1CNC(=O)[C@H](C)CC(=O)[C@@H](CCc1ccccc1)NCCCc1cccc(O)c1. The monoisotopic (exact) mass is 1130 g/mol. The van der Waals surface area contributed by atoms with E-state index in [-0.39, 0.29) is 35.7 Å². The number of hydrogen-bond donors (Lipinski definition) is 8. The number of alkyl carbamates (subject to hydrolysis) is 2. The molecule has 82 heavy (non-hydrogen) atoms. The van der Waals surface area contributed by atoms with Gasteiger partial charge in [0.25, 0.3) is 0 Å². The first-order valence-corrected chi connectivity index (χ1v) is 27.9. The number of aliphatic carboxylic acids is 1. The van der Waals surface area contributed by atoms with Crippen molar-refractivity contribution in [2.45, 2.75) is 169 Å². The van der Waals surface area contributed by atoms with Gasteiger partial charge in [0.2, 0.25) is 11.8 Å². The molecule has 5 aromatic rings. The Hall–Kier alpha value is -8.12. The van der Waals surface area contributed by atoms with Crippen molar-refractivity contribution >= 4 is 47.4 Å². The normalized spacial score (nSPS) is 12.9. The van der Waals surface area contributed by atoms with Gasteiger partial charge < -0.3 is 52.0 Å². The minimum absolute atomic E-state index is 0.0428. The highest BCUT2D eigenvalue weighted by molar-refractivity contribution is 5.91. The summed E-state index contributed by atoms with van der Waals surface area (Å²) in [4.78, 5) is 88.8. The first-order valence-electron chi connectivity index (χ1n) is 27.9. The van der Waals surface area contributed by atoms with E-state index in [1.807, 2.05) is 104 Å². The van der Waals surface area contributed by atoms with Crippen LogP contribution in [0.15, 0.2) is 127 Å². The van der Waals surface area contributed by atoms with Gasteiger partial charge in [-0.05, 0) is 166 Å². The van der Waals surface area contributed by atoms with Crippen molar-refractivity contribution in [2.24, 2.45) is 5.92 Å². The van der Waals surface area contributed by atoms with Crippen LogP contribution in [0.25, 0.3) is 0 Å². The number of nitrogens with zero attached hydrogens (tertiary/aromatic N) is 1. The number of phenolic OH excluding ortho intramolecular Hbond substituents is 1. The number of carbonyl (C=O) groups is 7. The maximum atomic E-state index is 13.3. The number of carboxylic acids is 1. The maximum Gasteiger partial charge on any atom is 0.408 e. The minimum atomic E-state index is -1.06. The lowest BCUT2D eigenvalue weighted by Gasteiger charge is -2.24. The number of carboxylic acid groups (broad SMARTS) is 1. The molecule has 4 amide bonds. The highest BCUT2D eigenvalue weighted by Gasteiger charge is 2.27. The number of nitrogens with one attached hydrogen (secondary N) is 5. The molecule has 0 saturated carbocycles.